The number of carboxylic acid groups (broad SMARTS) is 1. The highest BCUT2D eigenvalue weighted by Gasteiger charge is 2.16. The maximum Gasteiger partial charge on any atom is 0.317 e. The van der Waals surface area contributed by atoms with Crippen LogP contribution in [0.25, 0.3) is 0 Å². The second-order valence-electron chi connectivity index (χ2n) is 4.40. The minimum atomic E-state index is -0.973. The van der Waals surface area contributed by atoms with Gasteiger partial charge in [-0.05, 0) is 24.6 Å². The van der Waals surface area contributed by atoms with Crippen molar-refractivity contribution in [2.75, 3.05) is 13.6 Å². The van der Waals surface area contributed by atoms with Gasteiger partial charge in [0.15, 0.2) is 0 Å². The van der Waals surface area contributed by atoms with Crippen molar-refractivity contribution in [3.8, 4) is 0 Å². The Morgan fingerprint density at radius 3 is 2.70 bits per heavy atom. The molecular weight excluding hydrogens is 287 g/mol. The van der Waals surface area contributed by atoms with Gasteiger partial charge in [0.2, 0.25) is 0 Å². The fourth-order valence-electron chi connectivity index (χ4n) is 1.59. The summed E-state index contributed by atoms with van der Waals surface area (Å²) >= 11 is 5.91. The molecule has 0 aromatic heterocycles. The number of aliphatic carboxylic acids is 1. The molecule has 0 saturated carbocycles. The average Bonchev–Trinajstić information content (AvgIpc) is 2.35. The van der Waals surface area contributed by atoms with Crippen LogP contribution in [-0.4, -0.2) is 35.6 Å². The Bertz CT molecular complexity index is 510. The lowest BCUT2D eigenvalue weighted by molar-refractivity contribution is -0.137. The first kappa shape index (κ1) is 16.2. The Morgan fingerprint density at radius 2 is 2.15 bits per heavy atom. The molecule has 2 N–H and O–H groups in total. The number of benzene rings is 1. The molecular formula is C13H16ClFN2O3. The molecule has 1 atom stereocenters. The number of hydrogen-bond donors (Lipinski definition) is 2. The normalized spacial score (nSPS) is 11.8. The van der Waals surface area contributed by atoms with Crippen molar-refractivity contribution in [1.29, 1.82) is 0 Å². The van der Waals surface area contributed by atoms with Crippen molar-refractivity contribution in [3.63, 3.8) is 0 Å². The van der Waals surface area contributed by atoms with E-state index < -0.39 is 23.9 Å². The van der Waals surface area contributed by atoms with Crippen LogP contribution in [0.2, 0.25) is 5.02 Å². The molecule has 0 spiro atoms. The number of urea groups is 1. The molecule has 1 unspecified atom stereocenters. The van der Waals surface area contributed by atoms with Crippen molar-refractivity contribution in [1.82, 2.24) is 10.2 Å². The lowest BCUT2D eigenvalue weighted by Crippen LogP contribution is -2.39. The third-order valence-corrected chi connectivity index (χ3v) is 3.10. The number of carboxylic acids is 1. The van der Waals surface area contributed by atoms with Crippen LogP contribution < -0.4 is 5.32 Å². The van der Waals surface area contributed by atoms with E-state index in [1.54, 1.807) is 6.92 Å². The molecule has 0 aliphatic heterocycles. The van der Waals surface area contributed by atoms with Crippen LogP contribution in [0.3, 0.4) is 0 Å². The van der Waals surface area contributed by atoms with Crippen molar-refractivity contribution >= 4 is 23.6 Å². The second kappa shape index (κ2) is 7.09. The zero-order chi connectivity index (χ0) is 15.3. The first-order valence-corrected chi connectivity index (χ1v) is 6.37. The summed E-state index contributed by atoms with van der Waals surface area (Å²) in [6, 6.07) is 3.10. The highest BCUT2D eigenvalue weighted by atomic mass is 35.5. The van der Waals surface area contributed by atoms with Crippen molar-refractivity contribution in [2.24, 2.45) is 0 Å². The van der Waals surface area contributed by atoms with Crippen LogP contribution in [0.4, 0.5) is 9.18 Å². The molecule has 110 valence electrons. The Morgan fingerprint density at radius 1 is 1.50 bits per heavy atom. The summed E-state index contributed by atoms with van der Waals surface area (Å²) in [6.45, 7) is 1.81. The molecule has 20 heavy (non-hydrogen) atoms. The van der Waals surface area contributed by atoms with E-state index in [2.05, 4.69) is 5.32 Å². The predicted octanol–water partition coefficient (Wildman–Crippen LogP) is 2.66. The topological polar surface area (TPSA) is 69.6 Å². The van der Waals surface area contributed by atoms with Crippen LogP contribution in [0.15, 0.2) is 18.2 Å². The number of nitrogens with one attached hydrogen (secondary N) is 1. The first-order valence-electron chi connectivity index (χ1n) is 5.99. The van der Waals surface area contributed by atoms with E-state index in [1.807, 2.05) is 0 Å². The summed E-state index contributed by atoms with van der Waals surface area (Å²) in [5.74, 6) is -1.42. The number of amides is 2. The average molecular weight is 303 g/mol. The number of carbonyl (C=O) groups is 2. The Kier molecular flexibility index (Phi) is 5.76. The monoisotopic (exact) mass is 302 g/mol. The number of halogens is 2. The summed E-state index contributed by atoms with van der Waals surface area (Å²) in [6.07, 6.45) is -0.129. The first-order chi connectivity index (χ1) is 9.31. The van der Waals surface area contributed by atoms with Gasteiger partial charge in [0.05, 0.1) is 12.5 Å². The summed E-state index contributed by atoms with van der Waals surface area (Å²) in [4.78, 5) is 23.5. The van der Waals surface area contributed by atoms with Crippen molar-refractivity contribution in [3.05, 3.63) is 34.6 Å². The number of nitrogens with zero attached hydrogens (tertiary/aromatic N) is 1. The van der Waals surface area contributed by atoms with Crippen LogP contribution in [-0.2, 0) is 4.79 Å². The molecule has 2 amide bonds. The maximum atomic E-state index is 12.9. The summed E-state index contributed by atoms with van der Waals surface area (Å²) < 4.78 is 12.9. The van der Waals surface area contributed by atoms with Gasteiger partial charge < -0.3 is 15.3 Å². The molecule has 0 fully saturated rings. The fourth-order valence-corrected chi connectivity index (χ4v) is 1.92. The van der Waals surface area contributed by atoms with Crippen LogP contribution in [0.1, 0.15) is 24.9 Å². The molecule has 7 heteroatoms. The Labute approximate surface area is 121 Å². The zero-order valence-electron chi connectivity index (χ0n) is 11.2. The summed E-state index contributed by atoms with van der Waals surface area (Å²) in [7, 11) is 1.50. The minimum Gasteiger partial charge on any atom is -0.481 e. The molecule has 0 bridgehead atoms. The smallest absolute Gasteiger partial charge is 0.317 e. The quantitative estimate of drug-likeness (QED) is 0.878. The van der Waals surface area contributed by atoms with Gasteiger partial charge in [0.25, 0.3) is 0 Å². The lowest BCUT2D eigenvalue weighted by Gasteiger charge is -2.21. The van der Waals surface area contributed by atoms with E-state index in [1.165, 1.54) is 30.1 Å². The molecule has 0 heterocycles. The standard InChI is InChI=1S/C13H16ClFN2O3/c1-8(10-4-3-9(15)7-11(10)14)16-13(20)17(2)6-5-12(18)19/h3-4,7-8H,5-6H2,1-2H3,(H,16,20)(H,18,19). The molecule has 0 aliphatic rings. The van der Waals surface area contributed by atoms with E-state index in [0.717, 1.165) is 0 Å². The summed E-state index contributed by atoms with van der Waals surface area (Å²) in [5, 5.41) is 11.4. The third-order valence-electron chi connectivity index (χ3n) is 2.78. The highest BCUT2D eigenvalue weighted by molar-refractivity contribution is 6.31. The van der Waals surface area contributed by atoms with Crippen LogP contribution in [0.5, 0.6) is 0 Å². The number of rotatable bonds is 5. The van der Waals surface area contributed by atoms with Gasteiger partial charge in [-0.25, -0.2) is 9.18 Å². The molecule has 5 nitrogen and oxygen atoms in total. The Hall–Kier alpha value is -1.82. The van der Waals surface area contributed by atoms with Gasteiger partial charge in [0.1, 0.15) is 5.82 Å². The molecule has 1 aromatic carbocycles. The zero-order valence-corrected chi connectivity index (χ0v) is 11.9. The van der Waals surface area contributed by atoms with Gasteiger partial charge in [0, 0.05) is 18.6 Å². The SMILES string of the molecule is CC(NC(=O)N(C)CCC(=O)O)c1ccc(F)cc1Cl. The number of hydrogen-bond acceptors (Lipinski definition) is 2. The molecule has 1 aromatic rings. The summed E-state index contributed by atoms with van der Waals surface area (Å²) in [5.41, 5.74) is 0.591. The van der Waals surface area contributed by atoms with Gasteiger partial charge in [-0.15, -0.1) is 0 Å². The van der Waals surface area contributed by atoms with E-state index >= 15 is 0 Å². The van der Waals surface area contributed by atoms with E-state index in [-0.39, 0.29) is 18.0 Å². The maximum absolute atomic E-state index is 12.9. The fraction of sp³-hybridized carbons (Fsp3) is 0.385. The van der Waals surface area contributed by atoms with Crippen LogP contribution >= 0.6 is 11.6 Å². The van der Waals surface area contributed by atoms with Gasteiger partial charge >= 0.3 is 12.0 Å². The largest absolute Gasteiger partial charge is 0.481 e. The number of carbonyl (C=O) groups excluding carboxylic acids is 1. The van der Waals surface area contributed by atoms with Crippen LogP contribution in [0, 0.1) is 5.82 Å². The van der Waals surface area contributed by atoms with E-state index in [4.69, 9.17) is 16.7 Å². The van der Waals surface area contributed by atoms with Crippen molar-refractivity contribution in [2.45, 2.75) is 19.4 Å². The minimum absolute atomic E-state index is 0.102. The Balaban J connectivity index is 2.63. The molecule has 0 radical (unpaired) electrons. The van der Waals surface area contributed by atoms with Crippen molar-refractivity contribution < 1.29 is 19.1 Å². The molecule has 0 saturated heterocycles. The second-order valence-corrected chi connectivity index (χ2v) is 4.81. The van der Waals surface area contributed by atoms with E-state index in [9.17, 15) is 14.0 Å². The van der Waals surface area contributed by atoms with E-state index in [0.29, 0.717) is 5.56 Å². The van der Waals surface area contributed by atoms with Gasteiger partial charge in [-0.3, -0.25) is 4.79 Å². The lowest BCUT2D eigenvalue weighted by atomic mass is 10.1. The third kappa shape index (κ3) is 4.70. The highest BCUT2D eigenvalue weighted by Crippen LogP contribution is 2.23. The van der Waals surface area contributed by atoms with Gasteiger partial charge in [-0.2, -0.15) is 0 Å². The van der Waals surface area contributed by atoms with Gasteiger partial charge in [-0.1, -0.05) is 17.7 Å². The molecule has 1 rings (SSSR count). The molecule has 0 aliphatic carbocycles. The predicted molar refractivity (Wildman–Crippen MR) is 73.2 cm³/mol.